The zero-order valence-electron chi connectivity index (χ0n) is 10.2. The number of amides is 1. The molecule has 0 aliphatic heterocycles. The smallest absolute Gasteiger partial charge is 0.234 e. The average molecular weight is 250 g/mol. The SMILES string of the molecule is CC/C(=C/SNC(=O)Cc1ccccc1)NC. The van der Waals surface area contributed by atoms with E-state index in [9.17, 15) is 4.79 Å². The van der Waals surface area contributed by atoms with E-state index in [0.717, 1.165) is 17.7 Å². The van der Waals surface area contributed by atoms with Crippen LogP contribution in [-0.4, -0.2) is 13.0 Å². The fraction of sp³-hybridized carbons (Fsp3) is 0.308. The minimum atomic E-state index is 0.0176. The summed E-state index contributed by atoms with van der Waals surface area (Å²) in [5.74, 6) is 0.0176. The van der Waals surface area contributed by atoms with E-state index in [1.807, 2.05) is 42.8 Å². The van der Waals surface area contributed by atoms with Gasteiger partial charge in [-0.2, -0.15) is 0 Å². The van der Waals surface area contributed by atoms with Crippen LogP contribution in [-0.2, 0) is 11.2 Å². The summed E-state index contributed by atoms with van der Waals surface area (Å²) < 4.78 is 2.79. The molecule has 0 heterocycles. The largest absolute Gasteiger partial charge is 0.391 e. The molecular weight excluding hydrogens is 232 g/mol. The van der Waals surface area contributed by atoms with Crippen molar-refractivity contribution in [2.75, 3.05) is 7.05 Å². The molecule has 1 rings (SSSR count). The van der Waals surface area contributed by atoms with Gasteiger partial charge in [0, 0.05) is 18.2 Å². The Kier molecular flexibility index (Phi) is 6.25. The predicted molar refractivity (Wildman–Crippen MR) is 73.3 cm³/mol. The lowest BCUT2D eigenvalue weighted by Crippen LogP contribution is -2.17. The molecule has 0 unspecified atom stereocenters. The first-order chi connectivity index (χ1) is 8.26. The van der Waals surface area contributed by atoms with Gasteiger partial charge < -0.3 is 5.32 Å². The highest BCUT2D eigenvalue weighted by Crippen LogP contribution is 2.05. The molecule has 92 valence electrons. The van der Waals surface area contributed by atoms with Gasteiger partial charge in [0.2, 0.25) is 5.91 Å². The highest BCUT2D eigenvalue weighted by molar-refractivity contribution is 8.00. The number of allylic oxidation sites excluding steroid dienone is 1. The Bertz CT molecular complexity index is 370. The highest BCUT2D eigenvalue weighted by atomic mass is 32.2. The second kappa shape index (κ2) is 7.79. The highest BCUT2D eigenvalue weighted by Gasteiger charge is 2.01. The van der Waals surface area contributed by atoms with E-state index in [1.54, 1.807) is 0 Å². The van der Waals surface area contributed by atoms with Crippen LogP contribution in [0.25, 0.3) is 0 Å². The fourth-order valence-corrected chi connectivity index (χ4v) is 1.99. The average Bonchev–Trinajstić information content (AvgIpc) is 2.36. The van der Waals surface area contributed by atoms with E-state index in [4.69, 9.17) is 0 Å². The van der Waals surface area contributed by atoms with E-state index in [-0.39, 0.29) is 5.91 Å². The van der Waals surface area contributed by atoms with Gasteiger partial charge in [0.25, 0.3) is 0 Å². The van der Waals surface area contributed by atoms with Crippen LogP contribution in [0.1, 0.15) is 18.9 Å². The van der Waals surface area contributed by atoms with Gasteiger partial charge in [-0.15, -0.1) is 0 Å². The number of carbonyl (C=O) groups excluding carboxylic acids is 1. The summed E-state index contributed by atoms with van der Waals surface area (Å²) in [6.07, 6.45) is 1.35. The van der Waals surface area contributed by atoms with Crippen molar-refractivity contribution < 1.29 is 4.79 Å². The van der Waals surface area contributed by atoms with Crippen molar-refractivity contribution in [1.29, 1.82) is 0 Å². The molecule has 4 heteroatoms. The van der Waals surface area contributed by atoms with Crippen LogP contribution in [0.5, 0.6) is 0 Å². The fourth-order valence-electron chi connectivity index (χ4n) is 1.30. The Morgan fingerprint density at radius 3 is 2.65 bits per heavy atom. The lowest BCUT2D eigenvalue weighted by atomic mass is 10.1. The third-order valence-corrected chi connectivity index (χ3v) is 3.03. The standard InChI is InChI=1S/C13H18N2OS/c1-3-12(14-2)10-17-15-13(16)9-11-7-5-4-6-8-11/h4-8,10,14H,3,9H2,1-2H3,(H,15,16)/b12-10-. The first-order valence-corrected chi connectivity index (χ1v) is 6.49. The molecule has 1 aromatic rings. The van der Waals surface area contributed by atoms with Gasteiger partial charge in [-0.25, -0.2) is 0 Å². The lowest BCUT2D eigenvalue weighted by molar-refractivity contribution is -0.118. The quantitative estimate of drug-likeness (QED) is 0.762. The summed E-state index contributed by atoms with van der Waals surface area (Å²) >= 11 is 1.31. The molecular formula is C13H18N2OS. The molecule has 0 aliphatic carbocycles. The number of benzene rings is 1. The monoisotopic (exact) mass is 250 g/mol. The summed E-state index contributed by atoms with van der Waals surface area (Å²) in [6, 6.07) is 9.72. The molecule has 0 atom stereocenters. The van der Waals surface area contributed by atoms with Crippen LogP contribution in [0.4, 0.5) is 0 Å². The maximum Gasteiger partial charge on any atom is 0.234 e. The van der Waals surface area contributed by atoms with Crippen molar-refractivity contribution in [3.05, 3.63) is 47.0 Å². The Balaban J connectivity index is 2.33. The summed E-state index contributed by atoms with van der Waals surface area (Å²) in [5, 5.41) is 4.98. The Labute approximate surface area is 107 Å². The van der Waals surface area contributed by atoms with Crippen molar-refractivity contribution in [3.8, 4) is 0 Å². The Morgan fingerprint density at radius 2 is 2.06 bits per heavy atom. The molecule has 0 spiro atoms. The molecule has 17 heavy (non-hydrogen) atoms. The zero-order valence-corrected chi connectivity index (χ0v) is 11.0. The normalized spacial score (nSPS) is 11.1. The summed E-state index contributed by atoms with van der Waals surface area (Å²) in [5.41, 5.74) is 2.13. The molecule has 1 amide bonds. The predicted octanol–water partition coefficient (Wildman–Crippen LogP) is 2.46. The molecule has 1 aromatic carbocycles. The van der Waals surface area contributed by atoms with Crippen molar-refractivity contribution >= 4 is 17.9 Å². The molecule has 0 fully saturated rings. The van der Waals surface area contributed by atoms with Gasteiger partial charge in [0.15, 0.2) is 0 Å². The van der Waals surface area contributed by atoms with Crippen LogP contribution < -0.4 is 10.0 Å². The topological polar surface area (TPSA) is 41.1 Å². The summed E-state index contributed by atoms with van der Waals surface area (Å²) in [6.45, 7) is 2.06. The molecule has 0 bridgehead atoms. The number of hydrogen-bond donors (Lipinski definition) is 2. The van der Waals surface area contributed by atoms with Crippen LogP contribution in [0, 0.1) is 0 Å². The number of carbonyl (C=O) groups is 1. The van der Waals surface area contributed by atoms with Gasteiger partial charge in [-0.05, 0) is 23.9 Å². The van der Waals surface area contributed by atoms with E-state index < -0.39 is 0 Å². The maximum atomic E-state index is 11.6. The molecule has 3 nitrogen and oxygen atoms in total. The second-order valence-electron chi connectivity index (χ2n) is 3.55. The first-order valence-electron chi connectivity index (χ1n) is 5.61. The lowest BCUT2D eigenvalue weighted by Gasteiger charge is -2.04. The van der Waals surface area contributed by atoms with Crippen molar-refractivity contribution in [2.45, 2.75) is 19.8 Å². The number of nitrogens with one attached hydrogen (secondary N) is 2. The molecule has 0 saturated heterocycles. The van der Waals surface area contributed by atoms with Crippen molar-refractivity contribution in [1.82, 2.24) is 10.0 Å². The van der Waals surface area contributed by atoms with Gasteiger partial charge in [0.1, 0.15) is 0 Å². The molecule has 0 saturated carbocycles. The van der Waals surface area contributed by atoms with Crippen LogP contribution >= 0.6 is 11.9 Å². The van der Waals surface area contributed by atoms with Gasteiger partial charge in [-0.1, -0.05) is 37.3 Å². The molecule has 0 radical (unpaired) electrons. The van der Waals surface area contributed by atoms with E-state index >= 15 is 0 Å². The first kappa shape index (κ1) is 13.6. The third kappa shape index (κ3) is 5.45. The maximum absolute atomic E-state index is 11.6. The van der Waals surface area contributed by atoms with Gasteiger partial charge in [-0.3, -0.25) is 9.52 Å². The summed E-state index contributed by atoms with van der Waals surface area (Å²) in [4.78, 5) is 11.6. The molecule has 2 N–H and O–H groups in total. The third-order valence-electron chi connectivity index (χ3n) is 2.28. The van der Waals surface area contributed by atoms with Crippen molar-refractivity contribution in [2.24, 2.45) is 0 Å². The summed E-state index contributed by atoms with van der Waals surface area (Å²) in [7, 11) is 1.88. The van der Waals surface area contributed by atoms with Crippen LogP contribution in [0.15, 0.2) is 41.4 Å². The van der Waals surface area contributed by atoms with Crippen LogP contribution in [0.3, 0.4) is 0 Å². The van der Waals surface area contributed by atoms with E-state index in [0.29, 0.717) is 6.42 Å². The minimum absolute atomic E-state index is 0.0176. The molecule has 0 aliphatic rings. The van der Waals surface area contributed by atoms with E-state index in [1.165, 1.54) is 11.9 Å². The van der Waals surface area contributed by atoms with Crippen molar-refractivity contribution in [3.63, 3.8) is 0 Å². The number of rotatable bonds is 6. The van der Waals surface area contributed by atoms with Gasteiger partial charge >= 0.3 is 0 Å². The Morgan fingerprint density at radius 1 is 1.35 bits per heavy atom. The van der Waals surface area contributed by atoms with Crippen LogP contribution in [0.2, 0.25) is 0 Å². The zero-order chi connectivity index (χ0) is 12.5. The van der Waals surface area contributed by atoms with Gasteiger partial charge in [0.05, 0.1) is 6.42 Å². The van der Waals surface area contributed by atoms with E-state index in [2.05, 4.69) is 17.0 Å². The number of hydrogen-bond acceptors (Lipinski definition) is 3. The minimum Gasteiger partial charge on any atom is -0.391 e. The second-order valence-corrected chi connectivity index (χ2v) is 4.23. The molecule has 0 aromatic heterocycles. The Hall–Kier alpha value is -1.42.